The number of rotatable bonds is 4. The Labute approximate surface area is 143 Å². The Morgan fingerprint density at radius 2 is 1.83 bits per heavy atom. The minimum atomic E-state index is -0.428. The third kappa shape index (κ3) is 3.33. The number of carbonyl (C=O) groups is 2. The van der Waals surface area contributed by atoms with Crippen molar-refractivity contribution in [2.45, 2.75) is 6.92 Å². The lowest BCUT2D eigenvalue weighted by Gasteiger charge is -2.15. The number of halogens is 1. The number of thioether (sulfide) groups is 1. The first kappa shape index (κ1) is 16.3. The first-order chi connectivity index (χ1) is 11.6. The second-order valence-corrected chi connectivity index (χ2v) is 6.27. The van der Waals surface area contributed by atoms with Gasteiger partial charge in [0.05, 0.1) is 11.6 Å². The molecule has 1 saturated heterocycles. The summed E-state index contributed by atoms with van der Waals surface area (Å²) in [6.07, 6.45) is 1.41. The Hall–Kier alpha value is -2.60. The number of nitrogens with zero attached hydrogens (tertiary/aromatic N) is 1. The van der Waals surface area contributed by atoms with Crippen molar-refractivity contribution in [3.8, 4) is 0 Å². The van der Waals surface area contributed by atoms with Crippen LogP contribution in [0.2, 0.25) is 0 Å². The SMILES string of the molecule is Cc1ccccc1NCN1C(=O)S/C(=C\c2ccccc2F)C1=O. The molecule has 2 aromatic rings. The molecule has 0 saturated carbocycles. The van der Waals surface area contributed by atoms with Gasteiger partial charge in [0.25, 0.3) is 11.1 Å². The highest BCUT2D eigenvalue weighted by atomic mass is 32.2. The molecule has 1 fully saturated rings. The molecule has 0 radical (unpaired) electrons. The van der Waals surface area contributed by atoms with E-state index in [1.165, 1.54) is 12.1 Å². The maximum atomic E-state index is 13.7. The number of hydrogen-bond donors (Lipinski definition) is 1. The minimum absolute atomic E-state index is 0.0735. The number of nitrogens with one attached hydrogen (secondary N) is 1. The number of carbonyl (C=O) groups excluding carboxylic acids is 2. The number of hydrogen-bond acceptors (Lipinski definition) is 4. The largest absolute Gasteiger partial charge is 0.367 e. The summed E-state index contributed by atoms with van der Waals surface area (Å²) in [4.78, 5) is 25.8. The van der Waals surface area contributed by atoms with Crippen molar-refractivity contribution in [3.63, 3.8) is 0 Å². The first-order valence-electron chi connectivity index (χ1n) is 7.35. The van der Waals surface area contributed by atoms with Crippen molar-refractivity contribution in [1.29, 1.82) is 0 Å². The molecule has 0 unspecified atom stereocenters. The molecular weight excluding hydrogens is 327 g/mol. The van der Waals surface area contributed by atoms with E-state index in [1.807, 2.05) is 31.2 Å². The predicted molar refractivity (Wildman–Crippen MR) is 93.9 cm³/mol. The molecule has 1 N–H and O–H groups in total. The molecule has 4 nitrogen and oxygen atoms in total. The van der Waals surface area contributed by atoms with Crippen LogP contribution in [0.4, 0.5) is 14.9 Å². The van der Waals surface area contributed by atoms with E-state index in [2.05, 4.69) is 5.32 Å². The lowest BCUT2D eigenvalue weighted by atomic mass is 10.2. The fourth-order valence-corrected chi connectivity index (χ4v) is 3.13. The second kappa shape index (κ2) is 6.88. The van der Waals surface area contributed by atoms with Crippen LogP contribution in [-0.2, 0) is 4.79 Å². The van der Waals surface area contributed by atoms with Crippen LogP contribution in [0.25, 0.3) is 6.08 Å². The third-order valence-corrected chi connectivity index (χ3v) is 4.55. The minimum Gasteiger partial charge on any atom is -0.367 e. The van der Waals surface area contributed by atoms with Gasteiger partial charge in [-0.3, -0.25) is 14.5 Å². The van der Waals surface area contributed by atoms with Crippen LogP contribution in [0, 0.1) is 12.7 Å². The van der Waals surface area contributed by atoms with E-state index in [4.69, 9.17) is 0 Å². The van der Waals surface area contributed by atoms with Crippen LogP contribution in [0.5, 0.6) is 0 Å². The zero-order valence-electron chi connectivity index (χ0n) is 13.0. The number of imide groups is 1. The van der Waals surface area contributed by atoms with E-state index in [1.54, 1.807) is 18.2 Å². The summed E-state index contributed by atoms with van der Waals surface area (Å²) < 4.78 is 13.7. The highest BCUT2D eigenvalue weighted by Gasteiger charge is 2.35. The summed E-state index contributed by atoms with van der Waals surface area (Å²) in [5, 5.41) is 2.71. The number of anilines is 1. The highest BCUT2D eigenvalue weighted by molar-refractivity contribution is 8.18. The average molecular weight is 342 g/mol. The lowest BCUT2D eigenvalue weighted by Crippen LogP contribution is -2.33. The molecule has 0 bridgehead atoms. The molecule has 1 heterocycles. The standard InChI is InChI=1S/C18H15FN2O2S/c1-12-6-2-5-9-15(12)20-11-21-17(22)16(24-18(21)23)10-13-7-3-4-8-14(13)19/h2-10,20H,11H2,1H3/b16-10-. The van der Waals surface area contributed by atoms with E-state index in [9.17, 15) is 14.0 Å². The van der Waals surface area contributed by atoms with Gasteiger partial charge in [-0.15, -0.1) is 0 Å². The van der Waals surface area contributed by atoms with Gasteiger partial charge < -0.3 is 5.32 Å². The Morgan fingerprint density at radius 1 is 1.12 bits per heavy atom. The van der Waals surface area contributed by atoms with Gasteiger partial charge in [0.1, 0.15) is 5.82 Å². The van der Waals surface area contributed by atoms with Crippen molar-refractivity contribution >= 4 is 34.7 Å². The third-order valence-electron chi connectivity index (χ3n) is 3.64. The maximum Gasteiger partial charge on any atom is 0.295 e. The topological polar surface area (TPSA) is 49.4 Å². The summed E-state index contributed by atoms with van der Waals surface area (Å²) in [5.74, 6) is -0.850. The summed E-state index contributed by atoms with van der Waals surface area (Å²) in [5.41, 5.74) is 2.16. The molecule has 24 heavy (non-hydrogen) atoms. The Bertz CT molecular complexity index is 835. The quantitative estimate of drug-likeness (QED) is 0.845. The highest BCUT2D eigenvalue weighted by Crippen LogP contribution is 2.32. The van der Waals surface area contributed by atoms with E-state index in [0.717, 1.165) is 27.9 Å². The van der Waals surface area contributed by atoms with Gasteiger partial charge in [-0.05, 0) is 42.5 Å². The Kier molecular flexibility index (Phi) is 4.66. The van der Waals surface area contributed by atoms with Crippen LogP contribution in [0.1, 0.15) is 11.1 Å². The smallest absolute Gasteiger partial charge is 0.295 e. The van der Waals surface area contributed by atoms with Crippen LogP contribution >= 0.6 is 11.8 Å². The first-order valence-corrected chi connectivity index (χ1v) is 8.17. The van der Waals surface area contributed by atoms with E-state index in [0.29, 0.717) is 0 Å². The number of aryl methyl sites for hydroxylation is 1. The van der Waals surface area contributed by atoms with Gasteiger partial charge in [-0.25, -0.2) is 4.39 Å². The van der Waals surface area contributed by atoms with Gasteiger partial charge in [-0.1, -0.05) is 36.4 Å². The van der Waals surface area contributed by atoms with Crippen molar-refractivity contribution < 1.29 is 14.0 Å². The monoisotopic (exact) mass is 342 g/mol. The van der Waals surface area contributed by atoms with Crippen LogP contribution < -0.4 is 5.32 Å². The maximum absolute atomic E-state index is 13.7. The van der Waals surface area contributed by atoms with Gasteiger partial charge in [0.2, 0.25) is 0 Å². The molecule has 1 aliphatic rings. The van der Waals surface area contributed by atoms with Crippen LogP contribution in [0.3, 0.4) is 0 Å². The molecule has 1 aliphatic heterocycles. The van der Waals surface area contributed by atoms with Crippen LogP contribution in [0.15, 0.2) is 53.4 Å². The summed E-state index contributed by atoms with van der Waals surface area (Å²) >= 11 is 0.817. The molecule has 0 aromatic heterocycles. The molecular formula is C18H15FN2O2S. The van der Waals surface area contributed by atoms with Gasteiger partial charge in [0, 0.05) is 11.3 Å². The molecule has 0 aliphatic carbocycles. The van der Waals surface area contributed by atoms with E-state index >= 15 is 0 Å². The summed E-state index contributed by atoms with van der Waals surface area (Å²) in [6, 6.07) is 13.7. The second-order valence-electron chi connectivity index (χ2n) is 5.28. The molecule has 3 rings (SSSR count). The molecule has 122 valence electrons. The average Bonchev–Trinajstić information content (AvgIpc) is 2.83. The normalized spacial score (nSPS) is 16.1. The summed E-state index contributed by atoms with van der Waals surface area (Å²) in [7, 11) is 0. The Morgan fingerprint density at radius 3 is 2.58 bits per heavy atom. The van der Waals surface area contributed by atoms with E-state index in [-0.39, 0.29) is 22.4 Å². The van der Waals surface area contributed by atoms with Gasteiger partial charge >= 0.3 is 0 Å². The fourth-order valence-electron chi connectivity index (χ4n) is 2.31. The van der Waals surface area contributed by atoms with Crippen molar-refractivity contribution in [2.24, 2.45) is 0 Å². The number of para-hydroxylation sites is 1. The molecule has 2 aromatic carbocycles. The number of benzene rings is 2. The molecule has 0 atom stereocenters. The van der Waals surface area contributed by atoms with E-state index < -0.39 is 11.7 Å². The summed E-state index contributed by atoms with van der Waals surface area (Å²) in [6.45, 7) is 2.01. The molecule has 0 spiro atoms. The zero-order valence-corrected chi connectivity index (χ0v) is 13.8. The zero-order chi connectivity index (χ0) is 17.1. The Balaban J connectivity index is 1.75. The van der Waals surface area contributed by atoms with Crippen molar-refractivity contribution in [1.82, 2.24) is 4.90 Å². The van der Waals surface area contributed by atoms with Crippen molar-refractivity contribution in [2.75, 3.05) is 12.0 Å². The van der Waals surface area contributed by atoms with Crippen molar-refractivity contribution in [3.05, 3.63) is 70.4 Å². The predicted octanol–water partition coefficient (Wildman–Crippen LogP) is 4.24. The molecule has 2 amide bonds. The lowest BCUT2D eigenvalue weighted by molar-refractivity contribution is -0.122. The van der Waals surface area contributed by atoms with Gasteiger partial charge in [-0.2, -0.15) is 0 Å². The van der Waals surface area contributed by atoms with Crippen LogP contribution in [-0.4, -0.2) is 22.7 Å². The molecule has 6 heteroatoms. The van der Waals surface area contributed by atoms with Gasteiger partial charge in [0.15, 0.2) is 0 Å². The number of amides is 2. The fraction of sp³-hybridized carbons (Fsp3) is 0.111.